The van der Waals surface area contributed by atoms with Gasteiger partial charge in [0.05, 0.1) is 11.7 Å². The fourth-order valence-corrected chi connectivity index (χ4v) is 3.25. The maximum Gasteiger partial charge on any atom is 0.0718 e. The molecule has 1 aromatic heterocycles. The van der Waals surface area contributed by atoms with Gasteiger partial charge in [0.15, 0.2) is 0 Å². The minimum absolute atomic E-state index is 0.0675. The molecule has 0 aliphatic carbocycles. The second-order valence-electron chi connectivity index (χ2n) is 4.78. The van der Waals surface area contributed by atoms with Gasteiger partial charge in [-0.05, 0) is 65.1 Å². The molecular formula is C16H17BrCl2N2. The van der Waals surface area contributed by atoms with Crippen LogP contribution in [0.2, 0.25) is 10.0 Å². The van der Waals surface area contributed by atoms with Gasteiger partial charge in [0.1, 0.15) is 0 Å². The summed E-state index contributed by atoms with van der Waals surface area (Å²) in [6, 6.07) is 9.57. The summed E-state index contributed by atoms with van der Waals surface area (Å²) in [7, 11) is 0. The molecule has 5 heteroatoms. The number of nitrogens with one attached hydrogen (secondary N) is 1. The highest BCUT2D eigenvalue weighted by Crippen LogP contribution is 2.31. The van der Waals surface area contributed by atoms with E-state index in [2.05, 4.69) is 33.2 Å². The van der Waals surface area contributed by atoms with Crippen molar-refractivity contribution in [3.63, 3.8) is 0 Å². The lowest BCUT2D eigenvalue weighted by atomic mass is 10.0. The first-order valence-electron chi connectivity index (χ1n) is 6.90. The number of hydrogen-bond donors (Lipinski definition) is 1. The van der Waals surface area contributed by atoms with Crippen molar-refractivity contribution in [3.8, 4) is 0 Å². The van der Waals surface area contributed by atoms with Crippen LogP contribution in [-0.2, 0) is 6.42 Å². The molecule has 2 aromatic rings. The number of nitrogens with zero attached hydrogens (tertiary/aromatic N) is 1. The Morgan fingerprint density at radius 2 is 1.90 bits per heavy atom. The van der Waals surface area contributed by atoms with E-state index in [4.69, 9.17) is 23.2 Å². The van der Waals surface area contributed by atoms with E-state index in [1.165, 1.54) is 0 Å². The van der Waals surface area contributed by atoms with Crippen molar-refractivity contribution in [1.82, 2.24) is 10.3 Å². The first kappa shape index (κ1) is 16.8. The molecule has 0 saturated carbocycles. The van der Waals surface area contributed by atoms with Crippen LogP contribution in [0.3, 0.4) is 0 Å². The highest BCUT2D eigenvalue weighted by atomic mass is 79.9. The van der Waals surface area contributed by atoms with Gasteiger partial charge in [0.2, 0.25) is 0 Å². The van der Waals surface area contributed by atoms with Crippen molar-refractivity contribution in [2.24, 2.45) is 0 Å². The van der Waals surface area contributed by atoms with Crippen LogP contribution in [0.15, 0.2) is 41.0 Å². The lowest BCUT2D eigenvalue weighted by Crippen LogP contribution is -2.25. The van der Waals surface area contributed by atoms with E-state index in [0.29, 0.717) is 16.5 Å². The third-order valence-corrected chi connectivity index (χ3v) is 4.61. The van der Waals surface area contributed by atoms with Crippen LogP contribution in [-0.4, -0.2) is 11.5 Å². The fraction of sp³-hybridized carbons (Fsp3) is 0.312. The molecule has 1 heterocycles. The molecule has 0 spiro atoms. The van der Waals surface area contributed by atoms with Crippen molar-refractivity contribution >= 4 is 39.1 Å². The largest absolute Gasteiger partial charge is 0.308 e. The van der Waals surface area contributed by atoms with Gasteiger partial charge in [0, 0.05) is 20.7 Å². The van der Waals surface area contributed by atoms with Crippen molar-refractivity contribution in [2.75, 3.05) is 6.54 Å². The summed E-state index contributed by atoms with van der Waals surface area (Å²) in [5.74, 6) is 0. The predicted molar refractivity (Wildman–Crippen MR) is 93.1 cm³/mol. The number of rotatable bonds is 6. The van der Waals surface area contributed by atoms with Crippen molar-refractivity contribution in [1.29, 1.82) is 0 Å². The Bertz CT molecular complexity index is 584. The Hall–Kier alpha value is -0.610. The van der Waals surface area contributed by atoms with Gasteiger partial charge in [-0.1, -0.05) is 36.2 Å². The van der Waals surface area contributed by atoms with E-state index in [1.54, 1.807) is 6.20 Å². The summed E-state index contributed by atoms with van der Waals surface area (Å²) in [6.07, 6.45) is 3.56. The third kappa shape index (κ3) is 4.43. The van der Waals surface area contributed by atoms with Crippen LogP contribution in [0.5, 0.6) is 0 Å². The first-order chi connectivity index (χ1) is 10.1. The van der Waals surface area contributed by atoms with E-state index >= 15 is 0 Å². The second-order valence-corrected chi connectivity index (χ2v) is 6.45. The minimum atomic E-state index is 0.0675. The van der Waals surface area contributed by atoms with Crippen LogP contribution in [0, 0.1) is 0 Å². The molecule has 2 rings (SSSR count). The molecule has 1 aromatic carbocycles. The van der Waals surface area contributed by atoms with Gasteiger partial charge in [0.25, 0.3) is 0 Å². The number of hydrogen-bond acceptors (Lipinski definition) is 2. The van der Waals surface area contributed by atoms with Crippen LogP contribution in [0.1, 0.15) is 30.6 Å². The van der Waals surface area contributed by atoms with Gasteiger partial charge < -0.3 is 5.32 Å². The summed E-state index contributed by atoms with van der Waals surface area (Å²) in [5.41, 5.74) is 1.92. The zero-order valence-electron chi connectivity index (χ0n) is 11.7. The van der Waals surface area contributed by atoms with Crippen LogP contribution >= 0.6 is 39.1 Å². The fourth-order valence-electron chi connectivity index (χ4n) is 2.17. The first-order valence-corrected chi connectivity index (χ1v) is 8.45. The standard InChI is InChI=1S/C16H17BrCl2N2/c1-2-8-20-15(16-12(17)5-4-9-21-16)10-11-13(18)6-3-7-14(11)19/h3-7,9,15,20H,2,8,10H2,1H3. The SMILES string of the molecule is CCCNC(Cc1c(Cl)cccc1Cl)c1ncccc1Br. The van der Waals surface area contributed by atoms with Crippen molar-refractivity contribution in [3.05, 3.63) is 62.3 Å². The molecule has 0 bridgehead atoms. The molecule has 2 nitrogen and oxygen atoms in total. The number of halogens is 3. The molecule has 112 valence electrons. The third-order valence-electron chi connectivity index (χ3n) is 3.23. The van der Waals surface area contributed by atoms with Crippen LogP contribution < -0.4 is 5.32 Å². The van der Waals surface area contributed by atoms with E-state index in [-0.39, 0.29) is 6.04 Å². The van der Waals surface area contributed by atoms with Gasteiger partial charge in [-0.15, -0.1) is 0 Å². The minimum Gasteiger partial charge on any atom is -0.308 e. The Balaban J connectivity index is 2.31. The highest BCUT2D eigenvalue weighted by molar-refractivity contribution is 9.10. The van der Waals surface area contributed by atoms with Crippen molar-refractivity contribution in [2.45, 2.75) is 25.8 Å². The second kappa shape index (κ2) is 8.14. The Morgan fingerprint density at radius 1 is 1.19 bits per heavy atom. The average Bonchev–Trinajstić information content (AvgIpc) is 2.47. The van der Waals surface area contributed by atoms with Crippen LogP contribution in [0.25, 0.3) is 0 Å². The molecule has 0 aliphatic rings. The summed E-state index contributed by atoms with van der Waals surface area (Å²) < 4.78 is 0.988. The van der Waals surface area contributed by atoms with Gasteiger partial charge in [-0.2, -0.15) is 0 Å². The van der Waals surface area contributed by atoms with Gasteiger partial charge in [-0.3, -0.25) is 4.98 Å². The molecule has 1 unspecified atom stereocenters. The Labute approximate surface area is 144 Å². The predicted octanol–water partition coefficient (Wildman–Crippen LogP) is 5.43. The highest BCUT2D eigenvalue weighted by Gasteiger charge is 2.18. The molecular weight excluding hydrogens is 371 g/mol. The lowest BCUT2D eigenvalue weighted by Gasteiger charge is -2.20. The van der Waals surface area contributed by atoms with E-state index in [1.807, 2.05) is 30.3 Å². The maximum atomic E-state index is 6.29. The molecule has 1 atom stereocenters. The summed E-state index contributed by atoms with van der Waals surface area (Å²) in [5, 5.41) is 4.90. The smallest absolute Gasteiger partial charge is 0.0718 e. The quantitative estimate of drug-likeness (QED) is 0.714. The van der Waals surface area contributed by atoms with Crippen LogP contribution in [0.4, 0.5) is 0 Å². The van der Waals surface area contributed by atoms with E-state index in [9.17, 15) is 0 Å². The molecule has 1 N–H and O–H groups in total. The number of pyridine rings is 1. The van der Waals surface area contributed by atoms with E-state index < -0.39 is 0 Å². The lowest BCUT2D eigenvalue weighted by molar-refractivity contribution is 0.516. The van der Waals surface area contributed by atoms with E-state index in [0.717, 1.165) is 28.7 Å². The molecule has 0 fully saturated rings. The molecule has 0 saturated heterocycles. The zero-order valence-corrected chi connectivity index (χ0v) is 14.8. The normalized spacial score (nSPS) is 12.4. The summed E-state index contributed by atoms with van der Waals surface area (Å²) in [6.45, 7) is 3.05. The number of benzene rings is 1. The monoisotopic (exact) mass is 386 g/mol. The zero-order chi connectivity index (χ0) is 15.2. The summed E-state index contributed by atoms with van der Waals surface area (Å²) in [4.78, 5) is 4.49. The maximum absolute atomic E-state index is 6.29. The van der Waals surface area contributed by atoms with Gasteiger partial charge >= 0.3 is 0 Å². The molecule has 0 amide bonds. The average molecular weight is 388 g/mol. The summed E-state index contributed by atoms with van der Waals surface area (Å²) >= 11 is 16.2. The topological polar surface area (TPSA) is 24.9 Å². The Kier molecular flexibility index (Phi) is 6.49. The Morgan fingerprint density at radius 3 is 2.52 bits per heavy atom. The van der Waals surface area contributed by atoms with Gasteiger partial charge in [-0.25, -0.2) is 0 Å². The number of aromatic nitrogens is 1. The molecule has 21 heavy (non-hydrogen) atoms. The van der Waals surface area contributed by atoms with Crippen molar-refractivity contribution < 1.29 is 0 Å². The molecule has 0 aliphatic heterocycles. The molecule has 0 radical (unpaired) electrons.